The van der Waals surface area contributed by atoms with E-state index < -0.39 is 177 Å². The van der Waals surface area contributed by atoms with E-state index >= 15 is 4.39 Å². The van der Waals surface area contributed by atoms with Crippen LogP contribution in [0.5, 0.6) is 17.2 Å². The fourth-order valence-electron chi connectivity index (χ4n) is 7.88. The number of rotatable bonds is 22. The molecule has 2 saturated heterocycles. The van der Waals surface area contributed by atoms with Crippen molar-refractivity contribution in [2.45, 2.75) is 161 Å². The number of nitrogens with two attached hydrogens (primary N) is 1. The van der Waals surface area contributed by atoms with E-state index in [-0.39, 0.29) is 36.0 Å². The molecule has 2 aliphatic rings. The molecule has 3 aromatic carbocycles. The number of aromatic amines is 2. The first-order valence-corrected chi connectivity index (χ1v) is 31.0. The number of aliphatic hydroxyl groups is 3. The SMILES string of the molecule is CC(C)OC(=O)[C@@H](C)N.CC(C)OC(=O)[C@@H](C)NP(=O)(Oc1ccccc1)Oc1c(F)c(F)c(F)c(F)c1F.CC(C)OC(=O)[C@@H](C)N[P@@](=O)(OCC1O[C@@H](n2ccc(=O)[nH]c2=O)[C@](C)(F)[C@@H]1O)Oc1ccccc1.C[C@@]1(F)[C@H](O)[C@@H](CO)O[C@H]1n1ccc(=O)[nH]c1=O.Cl. The summed E-state index contributed by atoms with van der Waals surface area (Å²) in [5.74, 6) is -15.5. The fourth-order valence-corrected chi connectivity index (χ4v) is 10.9. The van der Waals surface area contributed by atoms with Crippen molar-refractivity contribution in [3.63, 3.8) is 0 Å². The summed E-state index contributed by atoms with van der Waals surface area (Å²) in [6.45, 7) is 15.0. The van der Waals surface area contributed by atoms with Crippen LogP contribution >= 0.6 is 27.9 Å². The highest BCUT2D eigenvalue weighted by Crippen LogP contribution is 2.49. The zero-order chi connectivity index (χ0) is 70.2. The molecular formula is C56H73ClF7N7O21P2. The molecule has 2 aromatic heterocycles. The second-order valence-corrected chi connectivity index (χ2v) is 24.8. The lowest BCUT2D eigenvalue weighted by molar-refractivity contribution is -0.150. The normalized spacial score (nSPS) is 22.8. The number of nitrogens with one attached hydrogen (secondary N) is 4. The van der Waals surface area contributed by atoms with E-state index in [1.807, 2.05) is 9.97 Å². The Hall–Kier alpha value is -7.27. The van der Waals surface area contributed by atoms with Gasteiger partial charge in [-0.25, -0.2) is 40.7 Å². The molecule has 2 unspecified atom stereocenters. The van der Waals surface area contributed by atoms with Crippen molar-refractivity contribution in [3.05, 3.63) is 156 Å². The molecule has 4 heterocycles. The first-order valence-electron chi connectivity index (χ1n) is 27.9. The van der Waals surface area contributed by atoms with Gasteiger partial charge in [-0.3, -0.25) is 47.6 Å². The number of carbonyl (C=O) groups is 3. The summed E-state index contributed by atoms with van der Waals surface area (Å²) in [6, 6.07) is 14.0. The highest BCUT2D eigenvalue weighted by atomic mass is 35.5. The minimum absolute atomic E-state index is 0. The molecule has 9 N–H and O–H groups in total. The number of alkyl halides is 2. The highest BCUT2D eigenvalue weighted by Gasteiger charge is 2.57. The third-order valence-corrected chi connectivity index (χ3v) is 15.6. The van der Waals surface area contributed by atoms with Gasteiger partial charge in [0.05, 0.1) is 31.5 Å². The minimum Gasteiger partial charge on any atom is -0.462 e. The molecule has 0 bridgehead atoms. The van der Waals surface area contributed by atoms with Crippen LogP contribution in [0, 0.1) is 29.1 Å². The van der Waals surface area contributed by atoms with Gasteiger partial charge in [0.15, 0.2) is 23.8 Å². The zero-order valence-corrected chi connectivity index (χ0v) is 54.6. The van der Waals surface area contributed by atoms with Gasteiger partial charge < -0.3 is 58.3 Å². The van der Waals surface area contributed by atoms with Crippen LogP contribution < -0.4 is 52.0 Å². The highest BCUT2D eigenvalue weighted by molar-refractivity contribution is 7.52. The monoisotopic (exact) mass is 1410 g/mol. The van der Waals surface area contributed by atoms with Gasteiger partial charge in [-0.1, -0.05) is 36.4 Å². The Morgan fingerprint density at radius 3 is 1.29 bits per heavy atom. The van der Waals surface area contributed by atoms with E-state index in [0.717, 1.165) is 47.5 Å². The first-order chi connectivity index (χ1) is 43.2. The third-order valence-electron chi connectivity index (χ3n) is 12.4. The standard InChI is InChI=1S/C22H29FN3O9P.C18H17F5NO5P.C10H13FN2O5.C6H13NO2.ClH/c1-13(2)33-19(29)14(3)25-36(31,35-15-8-6-5-7-9-15)32-12-16-18(28)22(4,23)20(34-16)26-11-10-17(27)24-21(26)30;1-9(2)27-18(25)10(3)24-30(26,28-11-7-5-4-6-8-11)29-17-15(22)13(20)12(19)14(21)16(17)23;1-10(11)7(16)5(4-14)18-8(10)13-3-2-6(15)12-9(13)17;1-4(2)9-6(8)5(3)7;/h5-11,13-14,16,18,20,28H,12H2,1-4H3,(H,25,31)(H,24,27,30);4-10H,1-3H3,(H,24,26);2-3,5,7-8,14,16H,4H2,1H3,(H,12,15,17);4-5H,7H2,1-3H3;1H/t14-,16?,18-,20-,22-,36-;10-,30?;5-,7-,8-,10-;5-;/m1111./s1. The van der Waals surface area contributed by atoms with E-state index in [4.69, 9.17) is 48.1 Å². The third kappa shape index (κ3) is 22.2. The molecule has 2 fully saturated rings. The Morgan fingerprint density at radius 1 is 0.585 bits per heavy atom. The van der Waals surface area contributed by atoms with Crippen LogP contribution in [-0.2, 0) is 51.7 Å². The fraction of sp³-hybridized carbons (Fsp3) is 0.482. The van der Waals surface area contributed by atoms with Crippen LogP contribution in [-0.4, -0.2) is 138 Å². The van der Waals surface area contributed by atoms with Crippen molar-refractivity contribution in [2.24, 2.45) is 5.73 Å². The van der Waals surface area contributed by atoms with Gasteiger partial charge in [-0.2, -0.15) is 19.0 Å². The van der Waals surface area contributed by atoms with E-state index in [1.165, 1.54) is 64.1 Å². The molecule has 7 rings (SSSR count). The number of halogens is 8. The number of aromatic nitrogens is 4. The van der Waals surface area contributed by atoms with E-state index in [9.17, 15) is 79.2 Å². The number of carbonyl (C=O) groups excluding carboxylic acids is 3. The van der Waals surface area contributed by atoms with Crippen LogP contribution in [0.2, 0.25) is 0 Å². The lowest BCUT2D eigenvalue weighted by Gasteiger charge is -2.25. The molecular weight excluding hydrogens is 1340 g/mol. The van der Waals surface area contributed by atoms with Gasteiger partial charge in [-0.15, -0.1) is 12.4 Å². The molecule has 28 nitrogen and oxygen atoms in total. The number of hydrogen-bond donors (Lipinski definition) is 8. The lowest BCUT2D eigenvalue weighted by atomic mass is 9.98. The molecule has 0 saturated carbocycles. The summed E-state index contributed by atoms with van der Waals surface area (Å²) in [7, 11) is -9.22. The number of hydrogen-bond acceptors (Lipinski definition) is 22. The first kappa shape index (κ1) is 81.0. The topological polar surface area (TPSA) is 389 Å². The molecule has 524 valence electrons. The molecule has 94 heavy (non-hydrogen) atoms. The summed E-state index contributed by atoms with van der Waals surface area (Å²) in [5, 5.41) is 33.7. The largest absolute Gasteiger partial charge is 0.513 e. The number of benzene rings is 3. The predicted octanol–water partition coefficient (Wildman–Crippen LogP) is 5.76. The van der Waals surface area contributed by atoms with Crippen LogP contribution in [0.25, 0.3) is 0 Å². The van der Waals surface area contributed by atoms with Crippen LogP contribution in [0.3, 0.4) is 0 Å². The minimum atomic E-state index is -4.91. The molecule has 5 aromatic rings. The molecule has 13 atom stereocenters. The maximum absolute atomic E-state index is 15.4. The van der Waals surface area contributed by atoms with Crippen LogP contribution in [0.15, 0.2) is 104 Å². The zero-order valence-electron chi connectivity index (χ0n) is 52.0. The van der Waals surface area contributed by atoms with Gasteiger partial charge in [-0.05, 0) is 100 Å². The molecule has 0 radical (unpaired) electrons. The lowest BCUT2D eigenvalue weighted by Crippen LogP contribution is -2.43. The van der Waals surface area contributed by atoms with Crippen molar-refractivity contribution >= 4 is 45.8 Å². The Morgan fingerprint density at radius 2 is 0.936 bits per heavy atom. The Balaban J connectivity index is 0.000000356. The summed E-state index contributed by atoms with van der Waals surface area (Å²) in [6.07, 6.45) is -7.84. The Kier molecular flexibility index (Phi) is 30.1. The number of H-pyrrole nitrogens is 2. The summed E-state index contributed by atoms with van der Waals surface area (Å²) in [4.78, 5) is 84.7. The number of ether oxygens (including phenoxy) is 5. The number of aliphatic hydroxyl groups excluding tert-OH is 3. The number of para-hydroxylation sites is 2. The maximum atomic E-state index is 15.4. The summed E-state index contributed by atoms with van der Waals surface area (Å²) in [5.41, 5.74) is -2.62. The molecule has 0 amide bonds. The second kappa shape index (κ2) is 34.9. The van der Waals surface area contributed by atoms with E-state index in [2.05, 4.69) is 14.7 Å². The van der Waals surface area contributed by atoms with Gasteiger partial charge in [0.1, 0.15) is 54.0 Å². The summed E-state index contributed by atoms with van der Waals surface area (Å²) >= 11 is 0. The van der Waals surface area contributed by atoms with Crippen molar-refractivity contribution in [2.75, 3.05) is 13.2 Å². The van der Waals surface area contributed by atoms with Gasteiger partial charge >= 0.3 is 44.8 Å². The molecule has 0 spiro atoms. The quantitative estimate of drug-likeness (QED) is 0.0102. The van der Waals surface area contributed by atoms with Crippen molar-refractivity contribution in [1.29, 1.82) is 0 Å². The molecule has 38 heteroatoms. The van der Waals surface area contributed by atoms with Crippen molar-refractivity contribution < 1.29 is 111 Å². The molecule has 2 aliphatic heterocycles. The average Bonchev–Trinajstić information content (AvgIpc) is 1.55. The van der Waals surface area contributed by atoms with Gasteiger partial charge in [0.25, 0.3) is 11.1 Å². The summed E-state index contributed by atoms with van der Waals surface area (Å²) < 4.78 is 172. The van der Waals surface area contributed by atoms with Crippen LogP contribution in [0.4, 0.5) is 30.7 Å². The average molecular weight is 1410 g/mol. The number of nitrogens with zero attached hydrogens (tertiary/aromatic N) is 2. The predicted molar refractivity (Wildman–Crippen MR) is 321 cm³/mol. The Labute approximate surface area is 537 Å². The van der Waals surface area contributed by atoms with Gasteiger partial charge in [0.2, 0.25) is 34.8 Å². The second-order valence-electron chi connectivity index (χ2n) is 21.5. The van der Waals surface area contributed by atoms with Crippen molar-refractivity contribution in [3.8, 4) is 17.2 Å². The van der Waals surface area contributed by atoms with Gasteiger partial charge in [0, 0.05) is 24.5 Å². The van der Waals surface area contributed by atoms with Crippen LogP contribution in [0.1, 0.15) is 88.6 Å². The maximum Gasteiger partial charge on any atom is 0.513 e. The van der Waals surface area contributed by atoms with E-state index in [1.54, 1.807) is 58.9 Å². The number of esters is 3. The Bertz CT molecular complexity index is 3660. The van der Waals surface area contributed by atoms with E-state index in [0.29, 0.717) is 0 Å². The molecule has 0 aliphatic carbocycles. The van der Waals surface area contributed by atoms with Crippen molar-refractivity contribution in [1.82, 2.24) is 29.3 Å². The smallest absolute Gasteiger partial charge is 0.462 e.